The number of nitrogens with two attached hydrogens (primary N) is 1. The predicted octanol–water partition coefficient (Wildman–Crippen LogP) is 0.380. The summed E-state index contributed by atoms with van der Waals surface area (Å²) in [5.41, 5.74) is 5.19. The summed E-state index contributed by atoms with van der Waals surface area (Å²) in [6.07, 6.45) is 2.91. The Labute approximate surface area is 90.3 Å². The molecule has 3 N–H and O–H groups in total. The maximum absolute atomic E-state index is 11.4. The Morgan fingerprint density at radius 3 is 2.64 bits per heavy atom. The summed E-state index contributed by atoms with van der Waals surface area (Å²) in [4.78, 5) is 0.0172. The summed E-state index contributed by atoms with van der Waals surface area (Å²) < 4.78 is 25.5. The molecule has 0 aromatic carbocycles. The monoisotopic (exact) mass is 236 g/mol. The number of rotatable bonds is 4. The molecule has 6 heteroatoms. The summed E-state index contributed by atoms with van der Waals surface area (Å²) in [6, 6.07) is 0.0735. The third-order valence-corrected chi connectivity index (χ3v) is 4.08. The van der Waals surface area contributed by atoms with Crippen LogP contribution < -0.4 is 10.5 Å². The van der Waals surface area contributed by atoms with Gasteiger partial charge < -0.3 is 5.73 Å². The van der Waals surface area contributed by atoms with E-state index in [0.29, 0.717) is 5.92 Å². The van der Waals surface area contributed by atoms with Gasteiger partial charge in [0.1, 0.15) is 5.75 Å². The number of sulfonamides is 1. The van der Waals surface area contributed by atoms with Crippen molar-refractivity contribution in [2.24, 2.45) is 11.7 Å². The first-order chi connectivity index (χ1) is 6.39. The van der Waals surface area contributed by atoms with Crippen molar-refractivity contribution in [3.8, 4) is 0 Å². The first kappa shape index (κ1) is 11.9. The van der Waals surface area contributed by atoms with Crippen LogP contribution in [0.25, 0.3) is 0 Å². The molecule has 1 fully saturated rings. The molecular formula is C8H16N2O2S2. The zero-order chi connectivity index (χ0) is 10.8. The van der Waals surface area contributed by atoms with Crippen molar-refractivity contribution >= 4 is 27.2 Å². The van der Waals surface area contributed by atoms with Gasteiger partial charge in [-0.25, -0.2) is 13.1 Å². The molecule has 2 unspecified atom stereocenters. The van der Waals surface area contributed by atoms with Crippen molar-refractivity contribution < 1.29 is 8.42 Å². The van der Waals surface area contributed by atoms with E-state index in [4.69, 9.17) is 5.73 Å². The lowest BCUT2D eigenvalue weighted by molar-refractivity contribution is 0.541. The van der Waals surface area contributed by atoms with Gasteiger partial charge in [-0.3, -0.25) is 0 Å². The minimum atomic E-state index is -3.30. The lowest BCUT2D eigenvalue weighted by Crippen LogP contribution is -2.38. The molecule has 0 spiro atoms. The number of nitrogens with one attached hydrogen (secondary N) is 1. The number of hydrogen-bond donors (Lipinski definition) is 2. The highest BCUT2D eigenvalue weighted by molar-refractivity contribution is 7.92. The third kappa shape index (κ3) is 3.89. The van der Waals surface area contributed by atoms with E-state index < -0.39 is 10.0 Å². The molecule has 0 aromatic rings. The van der Waals surface area contributed by atoms with Crippen molar-refractivity contribution in [3.05, 3.63) is 0 Å². The van der Waals surface area contributed by atoms with Crippen LogP contribution in [0.1, 0.15) is 26.2 Å². The molecule has 1 rings (SSSR count). The van der Waals surface area contributed by atoms with Crippen LogP contribution in [0.15, 0.2) is 0 Å². The minimum absolute atomic E-state index is 0.0172. The van der Waals surface area contributed by atoms with E-state index in [1.165, 1.54) is 0 Å². The van der Waals surface area contributed by atoms with Crippen LogP contribution in [0.4, 0.5) is 0 Å². The maximum atomic E-state index is 11.4. The molecule has 14 heavy (non-hydrogen) atoms. The van der Waals surface area contributed by atoms with E-state index in [1.807, 2.05) is 0 Å². The summed E-state index contributed by atoms with van der Waals surface area (Å²) in [5.74, 6) is 0.361. The smallest absolute Gasteiger partial charge is 0.218 e. The first-order valence-electron chi connectivity index (χ1n) is 4.67. The van der Waals surface area contributed by atoms with Crippen molar-refractivity contribution in [2.45, 2.75) is 32.2 Å². The average molecular weight is 236 g/mol. The van der Waals surface area contributed by atoms with Gasteiger partial charge in [0.15, 0.2) is 0 Å². The molecule has 0 bridgehead atoms. The molecule has 0 aromatic heterocycles. The van der Waals surface area contributed by atoms with Crippen LogP contribution in [0.2, 0.25) is 0 Å². The van der Waals surface area contributed by atoms with Gasteiger partial charge in [0, 0.05) is 6.04 Å². The van der Waals surface area contributed by atoms with Crippen LogP contribution in [-0.2, 0) is 10.0 Å². The summed E-state index contributed by atoms with van der Waals surface area (Å²) in [6.45, 7) is 2.13. The van der Waals surface area contributed by atoms with Crippen molar-refractivity contribution in [3.63, 3.8) is 0 Å². The average Bonchev–Trinajstić information content (AvgIpc) is 2.30. The summed E-state index contributed by atoms with van der Waals surface area (Å²) >= 11 is 4.57. The molecule has 82 valence electrons. The Balaban J connectivity index is 2.47. The second-order valence-electron chi connectivity index (χ2n) is 3.96. The van der Waals surface area contributed by atoms with Gasteiger partial charge in [-0.1, -0.05) is 19.1 Å². The van der Waals surface area contributed by atoms with Gasteiger partial charge in [0.2, 0.25) is 10.0 Å². The standard InChI is InChI=1S/C8H16N2O2S2/c1-6-2-3-7(4-6)10-14(11,12)5-8(9)13/h6-7,10H,2-5H2,1H3,(H2,9,13). The van der Waals surface area contributed by atoms with Gasteiger partial charge in [-0.15, -0.1) is 0 Å². The van der Waals surface area contributed by atoms with E-state index in [0.717, 1.165) is 19.3 Å². The molecule has 0 radical (unpaired) electrons. The van der Waals surface area contributed by atoms with Gasteiger partial charge in [-0.05, 0) is 25.2 Å². The van der Waals surface area contributed by atoms with Crippen molar-refractivity contribution in [2.75, 3.05) is 5.75 Å². The molecule has 0 heterocycles. The normalized spacial score (nSPS) is 27.8. The molecular weight excluding hydrogens is 220 g/mol. The topological polar surface area (TPSA) is 72.2 Å². The SMILES string of the molecule is CC1CCC(NS(=O)(=O)CC(N)=S)C1. The first-order valence-corrected chi connectivity index (χ1v) is 6.73. The fraction of sp³-hybridized carbons (Fsp3) is 0.875. The number of thiocarbonyl (C=S) groups is 1. The number of hydrogen-bond acceptors (Lipinski definition) is 3. The van der Waals surface area contributed by atoms with Crippen LogP contribution in [0.5, 0.6) is 0 Å². The third-order valence-electron chi connectivity index (χ3n) is 2.37. The largest absolute Gasteiger partial charge is 0.392 e. The highest BCUT2D eigenvalue weighted by Crippen LogP contribution is 2.24. The van der Waals surface area contributed by atoms with E-state index >= 15 is 0 Å². The fourth-order valence-corrected chi connectivity index (χ4v) is 3.44. The van der Waals surface area contributed by atoms with E-state index in [1.54, 1.807) is 0 Å². The summed E-state index contributed by atoms with van der Waals surface area (Å²) in [7, 11) is -3.30. The van der Waals surface area contributed by atoms with E-state index in [-0.39, 0.29) is 16.8 Å². The minimum Gasteiger partial charge on any atom is -0.392 e. The molecule has 1 aliphatic carbocycles. The molecule has 1 aliphatic rings. The van der Waals surface area contributed by atoms with Crippen LogP contribution in [0, 0.1) is 5.92 Å². The van der Waals surface area contributed by atoms with Crippen molar-refractivity contribution in [1.82, 2.24) is 4.72 Å². The summed E-state index contributed by atoms with van der Waals surface area (Å²) in [5, 5.41) is 0. The molecule has 4 nitrogen and oxygen atoms in total. The van der Waals surface area contributed by atoms with E-state index in [2.05, 4.69) is 23.9 Å². The van der Waals surface area contributed by atoms with E-state index in [9.17, 15) is 8.42 Å². The Hall–Kier alpha value is -0.200. The second-order valence-corrected chi connectivity index (χ2v) is 6.24. The Kier molecular flexibility index (Phi) is 3.86. The maximum Gasteiger partial charge on any atom is 0.218 e. The molecule has 2 atom stereocenters. The zero-order valence-electron chi connectivity index (χ0n) is 8.19. The lowest BCUT2D eigenvalue weighted by Gasteiger charge is -2.12. The Morgan fingerprint density at radius 2 is 2.21 bits per heavy atom. The van der Waals surface area contributed by atoms with Gasteiger partial charge in [0.25, 0.3) is 0 Å². The zero-order valence-corrected chi connectivity index (χ0v) is 9.83. The van der Waals surface area contributed by atoms with Crippen LogP contribution >= 0.6 is 12.2 Å². The highest BCUT2D eigenvalue weighted by Gasteiger charge is 2.25. The molecule has 0 saturated heterocycles. The predicted molar refractivity (Wildman–Crippen MR) is 60.5 cm³/mol. The van der Waals surface area contributed by atoms with Crippen LogP contribution in [-0.4, -0.2) is 25.2 Å². The quantitative estimate of drug-likeness (QED) is 0.692. The molecule has 0 aliphatic heterocycles. The second kappa shape index (κ2) is 4.55. The van der Waals surface area contributed by atoms with Crippen molar-refractivity contribution in [1.29, 1.82) is 0 Å². The molecule has 0 amide bonds. The van der Waals surface area contributed by atoms with Crippen LogP contribution in [0.3, 0.4) is 0 Å². The Bertz CT molecular complexity index is 313. The fourth-order valence-electron chi connectivity index (χ4n) is 1.80. The van der Waals surface area contributed by atoms with Gasteiger partial charge in [0.05, 0.1) is 4.99 Å². The van der Waals surface area contributed by atoms with Gasteiger partial charge >= 0.3 is 0 Å². The lowest BCUT2D eigenvalue weighted by atomic mass is 10.1. The molecule has 1 saturated carbocycles. The highest BCUT2D eigenvalue weighted by atomic mass is 32.2. The van der Waals surface area contributed by atoms with Gasteiger partial charge in [-0.2, -0.15) is 0 Å². The Morgan fingerprint density at radius 1 is 1.57 bits per heavy atom.